The largest absolute Gasteiger partial charge is 0.495 e. The van der Waals surface area contributed by atoms with Gasteiger partial charge in [-0.1, -0.05) is 36.4 Å². The summed E-state index contributed by atoms with van der Waals surface area (Å²) in [6.45, 7) is 3.61. The summed E-state index contributed by atoms with van der Waals surface area (Å²) in [5.41, 5.74) is 2.58. The lowest BCUT2D eigenvalue weighted by Gasteiger charge is -2.23. The van der Waals surface area contributed by atoms with Crippen molar-refractivity contribution in [2.24, 2.45) is 0 Å². The van der Waals surface area contributed by atoms with Gasteiger partial charge in [0.1, 0.15) is 11.8 Å². The first-order valence-corrected chi connectivity index (χ1v) is 12.5. The molecular weight excluding hydrogens is 446 g/mol. The maximum absolute atomic E-state index is 13.0. The molecule has 7 heteroatoms. The Labute approximate surface area is 204 Å². The van der Waals surface area contributed by atoms with Crippen molar-refractivity contribution in [2.45, 2.75) is 38.3 Å². The summed E-state index contributed by atoms with van der Waals surface area (Å²) in [5.74, 6) is 0.265. The number of anilines is 1. The summed E-state index contributed by atoms with van der Waals surface area (Å²) < 4.78 is 5.50. The molecule has 1 saturated heterocycles. The second kappa shape index (κ2) is 11.2. The molecule has 2 amide bonds. The van der Waals surface area contributed by atoms with Crippen molar-refractivity contribution in [1.82, 2.24) is 10.6 Å². The molecule has 2 heterocycles. The SMILES string of the molecule is COc1ccc(C(=O)NC(C)C(=O)NC(Cc2ccccc2)c2cccs2)cc1N1CCCC1. The third kappa shape index (κ3) is 5.78. The summed E-state index contributed by atoms with van der Waals surface area (Å²) in [6, 6.07) is 18.7. The van der Waals surface area contributed by atoms with Crippen LogP contribution in [0.1, 0.15) is 46.6 Å². The minimum Gasteiger partial charge on any atom is -0.495 e. The van der Waals surface area contributed by atoms with Crippen LogP contribution in [0.25, 0.3) is 0 Å². The number of carbonyl (C=O) groups excluding carboxylic acids is 2. The van der Waals surface area contributed by atoms with Gasteiger partial charge in [-0.05, 0) is 61.4 Å². The fourth-order valence-electron chi connectivity index (χ4n) is 4.24. The molecule has 0 spiro atoms. The predicted molar refractivity (Wildman–Crippen MR) is 137 cm³/mol. The molecule has 178 valence electrons. The first-order chi connectivity index (χ1) is 16.5. The minimum absolute atomic E-state index is 0.156. The second-order valence-corrected chi connectivity index (χ2v) is 9.52. The van der Waals surface area contributed by atoms with E-state index in [1.54, 1.807) is 31.4 Å². The van der Waals surface area contributed by atoms with Crippen molar-refractivity contribution in [1.29, 1.82) is 0 Å². The van der Waals surface area contributed by atoms with E-state index >= 15 is 0 Å². The number of rotatable bonds is 9. The molecule has 2 N–H and O–H groups in total. The highest BCUT2D eigenvalue weighted by Crippen LogP contribution is 2.32. The molecule has 2 unspecified atom stereocenters. The molecule has 0 aliphatic carbocycles. The number of nitrogens with zero attached hydrogens (tertiary/aromatic N) is 1. The van der Waals surface area contributed by atoms with Crippen LogP contribution in [-0.4, -0.2) is 38.1 Å². The molecular formula is C27H31N3O3S. The molecule has 1 aliphatic heterocycles. The van der Waals surface area contributed by atoms with Gasteiger partial charge in [0, 0.05) is 23.5 Å². The van der Waals surface area contributed by atoms with Gasteiger partial charge in [0.15, 0.2) is 0 Å². The predicted octanol–water partition coefficient (Wildman–Crippen LogP) is 4.58. The van der Waals surface area contributed by atoms with E-state index in [-0.39, 0.29) is 17.9 Å². The molecule has 3 aromatic rings. The van der Waals surface area contributed by atoms with Crippen molar-refractivity contribution < 1.29 is 14.3 Å². The van der Waals surface area contributed by atoms with Gasteiger partial charge in [-0.2, -0.15) is 0 Å². The van der Waals surface area contributed by atoms with Crippen LogP contribution < -0.4 is 20.3 Å². The normalized spacial score (nSPS) is 14.9. The van der Waals surface area contributed by atoms with E-state index in [2.05, 4.69) is 27.7 Å². The van der Waals surface area contributed by atoms with Crippen molar-refractivity contribution in [2.75, 3.05) is 25.1 Å². The number of hydrogen-bond donors (Lipinski definition) is 2. The van der Waals surface area contributed by atoms with Crippen molar-refractivity contribution in [3.8, 4) is 5.75 Å². The molecule has 2 atom stereocenters. The van der Waals surface area contributed by atoms with Crippen molar-refractivity contribution in [3.63, 3.8) is 0 Å². The molecule has 4 rings (SSSR count). The lowest BCUT2D eigenvalue weighted by Crippen LogP contribution is -2.46. The summed E-state index contributed by atoms with van der Waals surface area (Å²) in [5, 5.41) is 7.99. The molecule has 0 radical (unpaired) electrons. The number of ether oxygens (including phenoxy) is 1. The summed E-state index contributed by atoms with van der Waals surface area (Å²) in [6.07, 6.45) is 2.95. The quantitative estimate of drug-likeness (QED) is 0.473. The molecule has 6 nitrogen and oxygen atoms in total. The Kier molecular flexibility index (Phi) is 7.85. The van der Waals surface area contributed by atoms with Crippen LogP contribution >= 0.6 is 11.3 Å². The average Bonchev–Trinajstić information content (AvgIpc) is 3.58. The third-order valence-corrected chi connectivity index (χ3v) is 7.10. The Morgan fingerprint density at radius 2 is 1.79 bits per heavy atom. The third-order valence-electron chi connectivity index (χ3n) is 6.11. The number of methoxy groups -OCH3 is 1. The average molecular weight is 478 g/mol. The molecule has 1 aliphatic rings. The highest BCUT2D eigenvalue weighted by atomic mass is 32.1. The van der Waals surface area contributed by atoms with Crippen molar-refractivity contribution >= 4 is 28.8 Å². The number of benzene rings is 2. The summed E-state index contributed by atoms with van der Waals surface area (Å²) in [4.78, 5) is 29.3. The zero-order chi connectivity index (χ0) is 23.9. The van der Waals surface area contributed by atoms with E-state index in [9.17, 15) is 9.59 Å². The Morgan fingerprint density at radius 1 is 1.03 bits per heavy atom. The van der Waals surface area contributed by atoms with Crippen LogP contribution in [-0.2, 0) is 11.2 Å². The van der Waals surface area contributed by atoms with Crippen LogP contribution in [0.3, 0.4) is 0 Å². The zero-order valence-electron chi connectivity index (χ0n) is 19.6. The molecule has 34 heavy (non-hydrogen) atoms. The van der Waals surface area contributed by atoms with Gasteiger partial charge in [-0.25, -0.2) is 0 Å². The van der Waals surface area contributed by atoms with E-state index in [0.717, 1.165) is 47.8 Å². The Hall–Kier alpha value is -3.32. The lowest BCUT2D eigenvalue weighted by molar-refractivity contribution is -0.123. The van der Waals surface area contributed by atoms with Crippen LogP contribution in [0.15, 0.2) is 66.0 Å². The van der Waals surface area contributed by atoms with Gasteiger partial charge < -0.3 is 20.3 Å². The number of carbonyl (C=O) groups is 2. The van der Waals surface area contributed by atoms with Crippen molar-refractivity contribution in [3.05, 3.63) is 82.0 Å². The van der Waals surface area contributed by atoms with Crippen LogP contribution in [0.4, 0.5) is 5.69 Å². The van der Waals surface area contributed by atoms with Gasteiger partial charge in [-0.15, -0.1) is 11.3 Å². The first kappa shape index (κ1) is 23.8. The summed E-state index contributed by atoms with van der Waals surface area (Å²) >= 11 is 1.61. The highest BCUT2D eigenvalue weighted by molar-refractivity contribution is 7.10. The zero-order valence-corrected chi connectivity index (χ0v) is 20.4. The Balaban J connectivity index is 1.43. The van der Waals surface area contributed by atoms with E-state index in [0.29, 0.717) is 12.0 Å². The van der Waals surface area contributed by atoms with E-state index in [1.165, 1.54) is 0 Å². The fourth-order valence-corrected chi connectivity index (χ4v) is 5.02. The first-order valence-electron chi connectivity index (χ1n) is 11.7. The monoisotopic (exact) mass is 477 g/mol. The van der Waals surface area contributed by atoms with Gasteiger partial charge in [-0.3, -0.25) is 9.59 Å². The number of amides is 2. The van der Waals surface area contributed by atoms with Crippen LogP contribution in [0, 0.1) is 0 Å². The van der Waals surface area contributed by atoms with Gasteiger partial charge >= 0.3 is 0 Å². The van der Waals surface area contributed by atoms with Gasteiger partial charge in [0.05, 0.1) is 18.8 Å². The molecule has 1 fully saturated rings. The maximum Gasteiger partial charge on any atom is 0.251 e. The number of nitrogens with one attached hydrogen (secondary N) is 2. The lowest BCUT2D eigenvalue weighted by atomic mass is 10.0. The smallest absolute Gasteiger partial charge is 0.251 e. The van der Waals surface area contributed by atoms with E-state index in [4.69, 9.17) is 4.74 Å². The van der Waals surface area contributed by atoms with E-state index < -0.39 is 6.04 Å². The standard InChI is InChI=1S/C27H31N3O3S/c1-19(26(31)29-22(25-11-8-16-34-25)17-20-9-4-3-5-10-20)28-27(32)21-12-13-24(33-2)23(18-21)30-14-6-7-15-30/h3-5,8-13,16,18-19,22H,6-7,14-15,17H2,1-2H3,(H,28,32)(H,29,31). The summed E-state index contributed by atoms with van der Waals surface area (Å²) in [7, 11) is 1.64. The van der Waals surface area contributed by atoms with E-state index in [1.807, 2.05) is 47.8 Å². The highest BCUT2D eigenvalue weighted by Gasteiger charge is 2.23. The Morgan fingerprint density at radius 3 is 2.47 bits per heavy atom. The molecule has 0 bridgehead atoms. The maximum atomic E-state index is 13.0. The topological polar surface area (TPSA) is 70.7 Å². The molecule has 0 saturated carbocycles. The number of hydrogen-bond acceptors (Lipinski definition) is 5. The number of thiophene rings is 1. The second-order valence-electron chi connectivity index (χ2n) is 8.54. The molecule has 2 aromatic carbocycles. The van der Waals surface area contributed by atoms with Gasteiger partial charge in [0.2, 0.25) is 5.91 Å². The van der Waals surface area contributed by atoms with Crippen LogP contribution in [0.5, 0.6) is 5.75 Å². The minimum atomic E-state index is -0.678. The fraction of sp³-hybridized carbons (Fsp3) is 0.333. The Bertz CT molecular complexity index is 1100. The van der Waals surface area contributed by atoms with Gasteiger partial charge in [0.25, 0.3) is 5.91 Å². The molecule has 1 aromatic heterocycles. The van der Waals surface area contributed by atoms with Crippen LogP contribution in [0.2, 0.25) is 0 Å².